The van der Waals surface area contributed by atoms with Gasteiger partial charge in [0.15, 0.2) is 5.78 Å². The van der Waals surface area contributed by atoms with Gasteiger partial charge in [0.05, 0.1) is 0 Å². The van der Waals surface area contributed by atoms with Gasteiger partial charge >= 0.3 is 0 Å². The molecule has 0 amide bonds. The number of nitrogens with zero attached hydrogens (tertiary/aromatic N) is 1. The predicted octanol–water partition coefficient (Wildman–Crippen LogP) is 1.40. The van der Waals surface area contributed by atoms with Crippen molar-refractivity contribution in [3.63, 3.8) is 0 Å². The van der Waals surface area contributed by atoms with Crippen LogP contribution in [0.4, 0.5) is 0 Å². The zero-order valence-electron chi connectivity index (χ0n) is 8.52. The molecule has 0 radical (unpaired) electrons. The van der Waals surface area contributed by atoms with Crippen LogP contribution in [-0.2, 0) is 0 Å². The van der Waals surface area contributed by atoms with Crippen LogP contribution in [0.15, 0.2) is 24.5 Å². The van der Waals surface area contributed by atoms with E-state index in [9.17, 15) is 4.79 Å². The second kappa shape index (κ2) is 3.42. The third-order valence-corrected chi connectivity index (χ3v) is 3.58. The zero-order valence-corrected chi connectivity index (χ0v) is 8.52. The summed E-state index contributed by atoms with van der Waals surface area (Å²) in [5.41, 5.74) is 0.761. The Morgan fingerprint density at radius 3 is 3.00 bits per heavy atom. The maximum atomic E-state index is 12.2. The Morgan fingerprint density at radius 2 is 2.40 bits per heavy atom. The summed E-state index contributed by atoms with van der Waals surface area (Å²) in [4.78, 5) is 16.2. The molecule has 2 aliphatic rings. The number of rotatable bonds is 2. The maximum Gasteiger partial charge on any atom is 0.169 e. The molecule has 3 unspecified atom stereocenters. The van der Waals surface area contributed by atoms with E-state index in [2.05, 4.69) is 10.3 Å². The number of Topliss-reactive ketones (excluding diaryl/α,β-unsaturated/α-hetero) is 1. The Hall–Kier alpha value is -1.22. The number of pyridine rings is 1. The fraction of sp³-hybridized carbons (Fsp3) is 0.500. The van der Waals surface area contributed by atoms with Crippen LogP contribution in [0.3, 0.4) is 0 Å². The number of hydrogen-bond donors (Lipinski definition) is 1. The van der Waals surface area contributed by atoms with Crippen molar-refractivity contribution in [1.29, 1.82) is 0 Å². The molecule has 3 nitrogen and oxygen atoms in total. The number of carbonyl (C=O) groups is 1. The molecular formula is C12H14N2O. The molecule has 0 saturated carbocycles. The van der Waals surface area contributed by atoms with Crippen LogP contribution in [0.25, 0.3) is 0 Å². The summed E-state index contributed by atoms with van der Waals surface area (Å²) in [6, 6.07) is 4.69. The van der Waals surface area contributed by atoms with Gasteiger partial charge in [-0.15, -0.1) is 0 Å². The van der Waals surface area contributed by atoms with Gasteiger partial charge in [-0.1, -0.05) is 0 Å². The minimum absolute atomic E-state index is 0.188. The number of nitrogens with one attached hydrogen (secondary N) is 1. The highest BCUT2D eigenvalue weighted by molar-refractivity contribution is 5.98. The molecule has 78 valence electrons. The van der Waals surface area contributed by atoms with E-state index < -0.39 is 0 Å². The first-order valence-electron chi connectivity index (χ1n) is 5.55. The van der Waals surface area contributed by atoms with Crippen LogP contribution in [0.5, 0.6) is 0 Å². The van der Waals surface area contributed by atoms with Gasteiger partial charge in [0.1, 0.15) is 0 Å². The average molecular weight is 202 g/mol. The molecular weight excluding hydrogens is 188 g/mol. The number of carbonyl (C=O) groups excluding carboxylic acids is 1. The van der Waals surface area contributed by atoms with Gasteiger partial charge < -0.3 is 5.32 Å². The number of fused-ring (bicyclic) bond motifs is 2. The van der Waals surface area contributed by atoms with Crippen molar-refractivity contribution in [2.24, 2.45) is 5.92 Å². The highest BCUT2D eigenvalue weighted by Gasteiger charge is 2.42. The van der Waals surface area contributed by atoms with E-state index in [0.29, 0.717) is 12.1 Å². The Morgan fingerprint density at radius 1 is 1.47 bits per heavy atom. The third kappa shape index (κ3) is 1.47. The normalized spacial score (nSPS) is 33.2. The van der Waals surface area contributed by atoms with E-state index in [1.165, 1.54) is 6.42 Å². The Balaban J connectivity index is 1.81. The molecule has 2 fully saturated rings. The van der Waals surface area contributed by atoms with Crippen LogP contribution in [-0.4, -0.2) is 22.9 Å². The highest BCUT2D eigenvalue weighted by Crippen LogP contribution is 2.34. The van der Waals surface area contributed by atoms with Gasteiger partial charge in [0, 0.05) is 36.0 Å². The molecule has 3 rings (SSSR count). The fourth-order valence-corrected chi connectivity index (χ4v) is 2.84. The number of ketones is 1. The van der Waals surface area contributed by atoms with E-state index in [-0.39, 0.29) is 11.7 Å². The average Bonchev–Trinajstić information content (AvgIpc) is 2.91. The van der Waals surface area contributed by atoms with E-state index in [1.54, 1.807) is 12.4 Å². The van der Waals surface area contributed by atoms with Gasteiger partial charge in [-0.05, 0) is 31.4 Å². The van der Waals surface area contributed by atoms with Gasteiger partial charge in [0.25, 0.3) is 0 Å². The molecule has 1 N–H and O–H groups in total. The maximum absolute atomic E-state index is 12.2. The summed E-state index contributed by atoms with van der Waals surface area (Å²) in [7, 11) is 0. The Kier molecular flexibility index (Phi) is 2.06. The van der Waals surface area contributed by atoms with Gasteiger partial charge in [0.2, 0.25) is 0 Å². The van der Waals surface area contributed by atoms with Gasteiger partial charge in [-0.25, -0.2) is 0 Å². The molecule has 1 aromatic heterocycles. The van der Waals surface area contributed by atoms with Crippen molar-refractivity contribution in [3.8, 4) is 0 Å². The quantitative estimate of drug-likeness (QED) is 0.737. The van der Waals surface area contributed by atoms with E-state index in [4.69, 9.17) is 0 Å². The molecule has 2 saturated heterocycles. The molecule has 3 heterocycles. The van der Waals surface area contributed by atoms with Crippen molar-refractivity contribution in [1.82, 2.24) is 10.3 Å². The summed E-state index contributed by atoms with van der Waals surface area (Å²) in [6.07, 6.45) is 6.78. The molecule has 2 aliphatic heterocycles. The van der Waals surface area contributed by atoms with Gasteiger partial charge in [-0.2, -0.15) is 0 Å². The van der Waals surface area contributed by atoms with Gasteiger partial charge in [-0.3, -0.25) is 9.78 Å². The topological polar surface area (TPSA) is 42.0 Å². The smallest absolute Gasteiger partial charge is 0.169 e. The van der Waals surface area contributed by atoms with Crippen molar-refractivity contribution < 1.29 is 4.79 Å². The largest absolute Gasteiger partial charge is 0.310 e. The second-order valence-electron chi connectivity index (χ2n) is 4.50. The Bertz CT molecular complexity index is 376. The fourth-order valence-electron chi connectivity index (χ4n) is 2.84. The first-order valence-corrected chi connectivity index (χ1v) is 5.55. The summed E-state index contributed by atoms with van der Waals surface area (Å²) >= 11 is 0. The molecule has 2 bridgehead atoms. The highest BCUT2D eigenvalue weighted by atomic mass is 16.1. The summed E-state index contributed by atoms with van der Waals surface area (Å²) in [6.45, 7) is 0. The van der Waals surface area contributed by atoms with Crippen molar-refractivity contribution in [3.05, 3.63) is 30.1 Å². The molecule has 1 aromatic rings. The van der Waals surface area contributed by atoms with Crippen molar-refractivity contribution in [2.75, 3.05) is 0 Å². The van der Waals surface area contributed by atoms with Crippen molar-refractivity contribution >= 4 is 5.78 Å². The molecule has 0 aliphatic carbocycles. The van der Waals surface area contributed by atoms with E-state index in [0.717, 1.165) is 18.4 Å². The predicted molar refractivity (Wildman–Crippen MR) is 56.6 cm³/mol. The summed E-state index contributed by atoms with van der Waals surface area (Å²) in [5, 5.41) is 3.49. The lowest BCUT2D eigenvalue weighted by Gasteiger charge is -2.18. The Labute approximate surface area is 88.9 Å². The van der Waals surface area contributed by atoms with Crippen LogP contribution >= 0.6 is 0 Å². The SMILES string of the molecule is O=C(c1cccnc1)C1CC2CCC1N2. The number of aromatic nitrogens is 1. The molecule has 3 heteroatoms. The lowest BCUT2D eigenvalue weighted by molar-refractivity contribution is 0.0900. The molecule has 0 aromatic carbocycles. The molecule has 15 heavy (non-hydrogen) atoms. The van der Waals surface area contributed by atoms with E-state index in [1.807, 2.05) is 12.1 Å². The van der Waals surface area contributed by atoms with Crippen LogP contribution in [0.2, 0.25) is 0 Å². The third-order valence-electron chi connectivity index (χ3n) is 3.58. The molecule has 3 atom stereocenters. The lowest BCUT2D eigenvalue weighted by Crippen LogP contribution is -2.28. The minimum atomic E-state index is 0.188. The minimum Gasteiger partial charge on any atom is -0.310 e. The first kappa shape index (κ1) is 9.04. The van der Waals surface area contributed by atoms with Crippen LogP contribution < -0.4 is 5.32 Å². The zero-order chi connectivity index (χ0) is 10.3. The summed E-state index contributed by atoms with van der Waals surface area (Å²) < 4.78 is 0. The van der Waals surface area contributed by atoms with Crippen molar-refractivity contribution in [2.45, 2.75) is 31.3 Å². The van der Waals surface area contributed by atoms with Crippen LogP contribution in [0.1, 0.15) is 29.6 Å². The lowest BCUT2D eigenvalue weighted by atomic mass is 9.84. The number of hydrogen-bond acceptors (Lipinski definition) is 3. The standard InChI is InChI=1S/C12H14N2O/c15-12(8-2-1-5-13-7-8)10-6-9-3-4-11(10)14-9/h1-2,5,7,9-11,14H,3-4,6H2. The summed E-state index contributed by atoms with van der Waals surface area (Å²) in [5.74, 6) is 0.454. The monoisotopic (exact) mass is 202 g/mol. The second-order valence-corrected chi connectivity index (χ2v) is 4.50. The molecule has 0 spiro atoms. The first-order chi connectivity index (χ1) is 7.34. The van der Waals surface area contributed by atoms with E-state index >= 15 is 0 Å². The van der Waals surface area contributed by atoms with Crippen LogP contribution in [0, 0.1) is 5.92 Å².